The number of carbonyl (C=O) groups is 3. The van der Waals surface area contributed by atoms with Crippen LogP contribution in [0.1, 0.15) is 30.6 Å². The second-order valence-electron chi connectivity index (χ2n) is 7.98. The van der Waals surface area contributed by atoms with Gasteiger partial charge < -0.3 is 15.7 Å². The molecule has 174 valence electrons. The van der Waals surface area contributed by atoms with Crippen LogP contribution in [0.25, 0.3) is 5.57 Å². The lowest BCUT2D eigenvalue weighted by molar-refractivity contribution is -0.159. The SMILES string of the molecule is C[C@H](N)C(=O)N(C(=O)[C@@H](O)c1cc(F)cc(F)c1)[C@H]1CC=C(c2ccccc2)CN(C)C1=O. The average molecular weight is 457 g/mol. The fourth-order valence-electron chi connectivity index (χ4n) is 3.73. The van der Waals surface area contributed by atoms with Crippen molar-refractivity contribution >= 4 is 23.3 Å². The molecule has 0 saturated carbocycles. The molecule has 0 saturated heterocycles. The van der Waals surface area contributed by atoms with Crippen LogP contribution in [0.3, 0.4) is 0 Å². The maximum absolute atomic E-state index is 13.6. The Kier molecular flexibility index (Phi) is 7.35. The number of halogens is 2. The van der Waals surface area contributed by atoms with E-state index in [1.807, 2.05) is 30.3 Å². The summed E-state index contributed by atoms with van der Waals surface area (Å²) < 4.78 is 27.3. The highest BCUT2D eigenvalue weighted by atomic mass is 19.1. The molecule has 3 rings (SSSR count). The summed E-state index contributed by atoms with van der Waals surface area (Å²) in [4.78, 5) is 41.2. The number of hydrogen-bond acceptors (Lipinski definition) is 5. The first-order valence-electron chi connectivity index (χ1n) is 10.4. The Morgan fingerprint density at radius 1 is 1.12 bits per heavy atom. The van der Waals surface area contributed by atoms with Gasteiger partial charge in [-0.2, -0.15) is 0 Å². The van der Waals surface area contributed by atoms with Crippen molar-refractivity contribution in [3.8, 4) is 0 Å². The van der Waals surface area contributed by atoms with E-state index >= 15 is 0 Å². The third-order valence-electron chi connectivity index (χ3n) is 5.41. The molecule has 1 heterocycles. The first-order chi connectivity index (χ1) is 15.6. The van der Waals surface area contributed by atoms with E-state index in [9.17, 15) is 28.3 Å². The molecule has 0 fully saturated rings. The van der Waals surface area contributed by atoms with Gasteiger partial charge in [-0.05, 0) is 42.2 Å². The zero-order chi connectivity index (χ0) is 24.3. The van der Waals surface area contributed by atoms with E-state index in [1.165, 1.54) is 18.9 Å². The van der Waals surface area contributed by atoms with E-state index < -0.39 is 47.5 Å². The molecule has 3 amide bonds. The summed E-state index contributed by atoms with van der Waals surface area (Å²) in [6.45, 7) is 1.58. The molecular weight excluding hydrogens is 432 g/mol. The number of aliphatic hydroxyl groups is 1. The Hall–Kier alpha value is -3.43. The van der Waals surface area contributed by atoms with Crippen LogP contribution in [-0.4, -0.2) is 58.3 Å². The van der Waals surface area contributed by atoms with Gasteiger partial charge in [-0.25, -0.2) is 8.78 Å². The minimum Gasteiger partial charge on any atom is -0.378 e. The molecule has 3 N–H and O–H groups in total. The van der Waals surface area contributed by atoms with Crippen molar-refractivity contribution in [2.45, 2.75) is 31.5 Å². The Bertz CT molecular complexity index is 1070. The van der Waals surface area contributed by atoms with Crippen LogP contribution in [0.4, 0.5) is 8.78 Å². The van der Waals surface area contributed by atoms with Crippen molar-refractivity contribution in [1.82, 2.24) is 9.80 Å². The third-order valence-corrected chi connectivity index (χ3v) is 5.41. The Morgan fingerprint density at radius 2 is 1.73 bits per heavy atom. The molecule has 0 spiro atoms. The molecule has 0 radical (unpaired) electrons. The summed E-state index contributed by atoms with van der Waals surface area (Å²) in [6, 6.07) is 9.03. The van der Waals surface area contributed by atoms with E-state index in [0.29, 0.717) is 11.0 Å². The van der Waals surface area contributed by atoms with Gasteiger partial charge in [0.2, 0.25) is 11.8 Å². The first-order valence-corrected chi connectivity index (χ1v) is 10.4. The normalized spacial score (nSPS) is 18.2. The maximum Gasteiger partial charge on any atom is 0.263 e. The lowest BCUT2D eigenvalue weighted by atomic mass is 10.0. The smallest absolute Gasteiger partial charge is 0.263 e. The average Bonchev–Trinajstić information content (AvgIpc) is 2.92. The summed E-state index contributed by atoms with van der Waals surface area (Å²) in [5.74, 6) is -4.60. The van der Waals surface area contributed by atoms with Crippen LogP contribution >= 0.6 is 0 Å². The van der Waals surface area contributed by atoms with Crippen LogP contribution < -0.4 is 5.73 Å². The lowest BCUT2D eigenvalue weighted by Crippen LogP contribution is -2.56. The number of benzene rings is 2. The third kappa shape index (κ3) is 5.32. The highest BCUT2D eigenvalue weighted by Crippen LogP contribution is 2.26. The van der Waals surface area contributed by atoms with Crippen molar-refractivity contribution < 1.29 is 28.3 Å². The number of nitrogens with two attached hydrogens (primary N) is 1. The molecule has 2 aromatic rings. The van der Waals surface area contributed by atoms with Crippen molar-refractivity contribution in [3.05, 3.63) is 77.4 Å². The van der Waals surface area contributed by atoms with Gasteiger partial charge in [0.25, 0.3) is 5.91 Å². The monoisotopic (exact) mass is 457 g/mol. The Morgan fingerprint density at radius 3 is 2.30 bits per heavy atom. The Balaban J connectivity index is 2.00. The number of hydrogen-bond donors (Lipinski definition) is 2. The van der Waals surface area contributed by atoms with Gasteiger partial charge in [-0.1, -0.05) is 36.4 Å². The van der Waals surface area contributed by atoms with E-state index in [-0.39, 0.29) is 18.5 Å². The predicted molar refractivity (Wildman–Crippen MR) is 117 cm³/mol. The summed E-state index contributed by atoms with van der Waals surface area (Å²) >= 11 is 0. The molecule has 9 heteroatoms. The van der Waals surface area contributed by atoms with Gasteiger partial charge in [0.15, 0.2) is 6.10 Å². The van der Waals surface area contributed by atoms with Crippen molar-refractivity contribution in [3.63, 3.8) is 0 Å². The number of carbonyl (C=O) groups excluding carboxylic acids is 3. The van der Waals surface area contributed by atoms with Crippen molar-refractivity contribution in [1.29, 1.82) is 0 Å². The number of amides is 3. The fraction of sp³-hybridized carbons (Fsp3) is 0.292. The van der Waals surface area contributed by atoms with Crippen molar-refractivity contribution in [2.24, 2.45) is 5.73 Å². The highest BCUT2D eigenvalue weighted by molar-refractivity contribution is 6.04. The zero-order valence-electron chi connectivity index (χ0n) is 18.2. The van der Waals surface area contributed by atoms with Crippen LogP contribution in [-0.2, 0) is 14.4 Å². The summed E-state index contributed by atoms with van der Waals surface area (Å²) in [6.07, 6.45) is -0.330. The molecule has 0 aromatic heterocycles. The summed E-state index contributed by atoms with van der Waals surface area (Å²) in [5.41, 5.74) is 7.04. The van der Waals surface area contributed by atoms with Gasteiger partial charge in [0.05, 0.1) is 6.04 Å². The first kappa shape index (κ1) is 24.2. The second-order valence-corrected chi connectivity index (χ2v) is 7.98. The number of imide groups is 1. The molecule has 3 atom stereocenters. The van der Waals surface area contributed by atoms with Gasteiger partial charge >= 0.3 is 0 Å². The predicted octanol–water partition coefficient (Wildman–Crippen LogP) is 2.01. The number of likely N-dealkylation sites (N-methyl/N-ethyl adjacent to an activating group) is 1. The van der Waals surface area contributed by atoms with Gasteiger partial charge in [-0.3, -0.25) is 19.3 Å². The standard InChI is InChI=1S/C24H25F2N3O4/c1-14(27)22(31)29(24(33)21(30)17-10-18(25)12-19(26)11-17)20-9-8-16(13-28(2)23(20)32)15-6-4-3-5-7-15/h3-8,10-12,14,20-21,30H,9,13,27H2,1-2H3/t14-,20-,21-/m0/s1. The van der Waals surface area contributed by atoms with Gasteiger partial charge in [0, 0.05) is 19.7 Å². The van der Waals surface area contributed by atoms with Crippen LogP contribution in [0.15, 0.2) is 54.6 Å². The number of rotatable bonds is 5. The summed E-state index contributed by atoms with van der Waals surface area (Å²) in [7, 11) is 1.54. The van der Waals surface area contributed by atoms with Gasteiger partial charge in [0.1, 0.15) is 17.7 Å². The largest absolute Gasteiger partial charge is 0.378 e. The topological polar surface area (TPSA) is 104 Å². The van der Waals surface area contributed by atoms with Gasteiger partial charge in [-0.15, -0.1) is 0 Å². The second kappa shape index (κ2) is 10.0. The van der Waals surface area contributed by atoms with E-state index in [0.717, 1.165) is 23.3 Å². The highest BCUT2D eigenvalue weighted by Gasteiger charge is 2.41. The van der Waals surface area contributed by atoms with Crippen LogP contribution in [0, 0.1) is 11.6 Å². The number of nitrogens with zero attached hydrogens (tertiary/aromatic N) is 2. The van der Waals surface area contributed by atoms with Crippen LogP contribution in [0.2, 0.25) is 0 Å². The van der Waals surface area contributed by atoms with Crippen molar-refractivity contribution in [2.75, 3.05) is 13.6 Å². The molecule has 2 aromatic carbocycles. The number of aliphatic hydroxyl groups excluding tert-OH is 1. The fourth-order valence-corrected chi connectivity index (χ4v) is 3.73. The molecule has 1 aliphatic heterocycles. The van der Waals surface area contributed by atoms with Crippen LogP contribution in [0.5, 0.6) is 0 Å². The zero-order valence-corrected chi connectivity index (χ0v) is 18.2. The lowest BCUT2D eigenvalue weighted by Gasteiger charge is -2.32. The quantitative estimate of drug-likeness (QED) is 0.715. The van der Waals surface area contributed by atoms with E-state index in [1.54, 1.807) is 6.08 Å². The molecule has 7 nitrogen and oxygen atoms in total. The minimum atomic E-state index is -2.07. The molecule has 0 aliphatic carbocycles. The molecule has 33 heavy (non-hydrogen) atoms. The molecule has 0 bridgehead atoms. The maximum atomic E-state index is 13.6. The Labute approximate surface area is 190 Å². The minimum absolute atomic E-state index is 0.0121. The summed E-state index contributed by atoms with van der Waals surface area (Å²) in [5, 5.41) is 10.6. The molecular formula is C24H25F2N3O4. The van der Waals surface area contributed by atoms with E-state index in [2.05, 4.69) is 0 Å². The molecule has 0 unspecified atom stereocenters. The molecule has 1 aliphatic rings. The van der Waals surface area contributed by atoms with E-state index in [4.69, 9.17) is 5.73 Å².